The Morgan fingerprint density at radius 2 is 1.90 bits per heavy atom. The fraction of sp³-hybridized carbons (Fsp3) is 0.158. The van der Waals surface area contributed by atoms with Crippen LogP contribution in [0.2, 0.25) is 0 Å². The Balaban J connectivity index is 1.56. The Labute approximate surface area is 180 Å². The first-order chi connectivity index (χ1) is 13.8. The maximum atomic E-state index is 12.1. The largest absolute Gasteiger partial charge is 0.335 e. The molecule has 0 bridgehead atoms. The highest BCUT2D eigenvalue weighted by Gasteiger charge is 2.16. The van der Waals surface area contributed by atoms with E-state index in [4.69, 9.17) is 5.84 Å². The van der Waals surface area contributed by atoms with E-state index in [2.05, 4.69) is 36.8 Å². The Morgan fingerprint density at radius 1 is 1.14 bits per heavy atom. The van der Waals surface area contributed by atoms with Crippen LogP contribution in [-0.2, 0) is 4.79 Å². The number of hydrogen-bond donors (Lipinski definition) is 3. The number of thioether (sulfide) groups is 1. The number of nitrogens with zero attached hydrogens (tertiary/aromatic N) is 3. The van der Waals surface area contributed by atoms with Crippen molar-refractivity contribution in [2.75, 3.05) is 16.9 Å². The number of carbonyl (C=O) groups excluding carboxylic acids is 2. The molecule has 0 saturated heterocycles. The molecule has 0 spiro atoms. The number of benzene rings is 2. The molecule has 1 aromatic heterocycles. The molecular formula is C19H19BrN6O2S. The quantitative estimate of drug-likeness (QED) is 0.385. The van der Waals surface area contributed by atoms with E-state index >= 15 is 0 Å². The number of aromatic nitrogens is 3. The summed E-state index contributed by atoms with van der Waals surface area (Å²) in [5.74, 6) is 6.02. The number of imide groups is 1. The maximum absolute atomic E-state index is 12.1. The molecule has 3 rings (SSSR count). The summed E-state index contributed by atoms with van der Waals surface area (Å²) in [6.45, 7) is 3.93. The number of urea groups is 1. The van der Waals surface area contributed by atoms with Crippen molar-refractivity contribution in [2.24, 2.45) is 0 Å². The van der Waals surface area contributed by atoms with Crippen molar-refractivity contribution in [2.45, 2.75) is 19.0 Å². The van der Waals surface area contributed by atoms with Crippen molar-refractivity contribution >= 4 is 45.3 Å². The number of anilines is 1. The molecule has 0 aliphatic carbocycles. The fourth-order valence-electron chi connectivity index (χ4n) is 2.48. The van der Waals surface area contributed by atoms with Gasteiger partial charge in [-0.15, -0.1) is 10.2 Å². The third-order valence-corrected chi connectivity index (χ3v) is 5.76. The van der Waals surface area contributed by atoms with Crippen LogP contribution in [0.3, 0.4) is 0 Å². The molecule has 0 fully saturated rings. The van der Waals surface area contributed by atoms with Crippen LogP contribution in [0, 0.1) is 13.8 Å². The zero-order chi connectivity index (χ0) is 21.0. The fourth-order valence-corrected chi connectivity index (χ4v) is 3.59. The summed E-state index contributed by atoms with van der Waals surface area (Å²) in [6.07, 6.45) is 0. The predicted octanol–water partition coefficient (Wildman–Crippen LogP) is 3.48. The second-order valence-corrected chi connectivity index (χ2v) is 8.04. The molecule has 2 aromatic carbocycles. The number of nitrogen functional groups attached to an aromatic ring is 1. The van der Waals surface area contributed by atoms with Crippen molar-refractivity contribution in [3.05, 3.63) is 58.1 Å². The minimum Gasteiger partial charge on any atom is -0.335 e. The lowest BCUT2D eigenvalue weighted by Crippen LogP contribution is -2.35. The van der Waals surface area contributed by atoms with Crippen LogP contribution >= 0.6 is 27.7 Å². The van der Waals surface area contributed by atoms with Crippen LogP contribution in [-0.4, -0.2) is 32.6 Å². The van der Waals surface area contributed by atoms with Gasteiger partial charge in [0.1, 0.15) is 0 Å². The molecule has 0 atom stereocenters. The molecule has 10 heteroatoms. The second-order valence-electron chi connectivity index (χ2n) is 6.25. The van der Waals surface area contributed by atoms with E-state index in [1.165, 1.54) is 4.68 Å². The Kier molecular flexibility index (Phi) is 6.55. The molecule has 0 aliphatic heterocycles. The molecule has 1 heterocycles. The van der Waals surface area contributed by atoms with Crippen LogP contribution in [0.25, 0.3) is 11.4 Å². The number of amides is 3. The molecule has 3 aromatic rings. The van der Waals surface area contributed by atoms with Gasteiger partial charge in [0.15, 0.2) is 5.82 Å². The lowest BCUT2D eigenvalue weighted by Gasteiger charge is -2.08. The minimum atomic E-state index is -0.595. The summed E-state index contributed by atoms with van der Waals surface area (Å²) >= 11 is 4.54. The summed E-state index contributed by atoms with van der Waals surface area (Å²) in [6, 6.07) is 12.4. The number of nitrogens with one attached hydrogen (secondary N) is 2. The molecule has 29 heavy (non-hydrogen) atoms. The van der Waals surface area contributed by atoms with Gasteiger partial charge in [0, 0.05) is 15.7 Å². The first-order valence-corrected chi connectivity index (χ1v) is 10.4. The molecule has 0 saturated carbocycles. The van der Waals surface area contributed by atoms with Crippen LogP contribution in [0.4, 0.5) is 10.5 Å². The summed E-state index contributed by atoms with van der Waals surface area (Å²) in [7, 11) is 0. The van der Waals surface area contributed by atoms with E-state index in [1.807, 2.05) is 50.2 Å². The molecule has 4 N–H and O–H groups in total. The number of halogens is 1. The highest BCUT2D eigenvalue weighted by molar-refractivity contribution is 9.10. The van der Waals surface area contributed by atoms with Crippen molar-refractivity contribution < 1.29 is 9.59 Å². The monoisotopic (exact) mass is 474 g/mol. The van der Waals surface area contributed by atoms with Gasteiger partial charge in [0.2, 0.25) is 11.1 Å². The molecule has 150 valence electrons. The normalized spacial score (nSPS) is 10.6. The van der Waals surface area contributed by atoms with Gasteiger partial charge < -0.3 is 11.2 Å². The van der Waals surface area contributed by atoms with E-state index in [-0.39, 0.29) is 5.75 Å². The maximum Gasteiger partial charge on any atom is 0.325 e. The summed E-state index contributed by atoms with van der Waals surface area (Å²) in [5.41, 5.74) is 3.57. The van der Waals surface area contributed by atoms with Gasteiger partial charge in [-0.05, 0) is 49.2 Å². The summed E-state index contributed by atoms with van der Waals surface area (Å²) < 4.78 is 2.14. The standard InChI is InChI=1S/C19H19BrN6O2S/c1-11-7-8-13(9-12(11)2)22-18(28)23-16(27)10-29-19-25-24-17(26(19)21)14-5-3-4-6-15(14)20/h3-9H,10,21H2,1-2H3,(H2,22,23,27,28). The van der Waals surface area contributed by atoms with E-state index < -0.39 is 11.9 Å². The van der Waals surface area contributed by atoms with Crippen LogP contribution < -0.4 is 16.5 Å². The van der Waals surface area contributed by atoms with Crippen LogP contribution in [0.5, 0.6) is 0 Å². The van der Waals surface area contributed by atoms with Gasteiger partial charge in [-0.3, -0.25) is 10.1 Å². The number of rotatable bonds is 5. The van der Waals surface area contributed by atoms with Gasteiger partial charge in [0.05, 0.1) is 5.75 Å². The zero-order valence-corrected chi connectivity index (χ0v) is 18.2. The second kappa shape index (κ2) is 9.10. The van der Waals surface area contributed by atoms with Gasteiger partial charge in [0.25, 0.3) is 0 Å². The number of aryl methyl sites for hydroxylation is 2. The Hall–Kier alpha value is -2.85. The Morgan fingerprint density at radius 3 is 2.62 bits per heavy atom. The number of hydrogen-bond acceptors (Lipinski definition) is 6. The van der Waals surface area contributed by atoms with Crippen molar-refractivity contribution in [3.63, 3.8) is 0 Å². The number of carbonyl (C=O) groups is 2. The van der Waals surface area contributed by atoms with Crippen LogP contribution in [0.1, 0.15) is 11.1 Å². The SMILES string of the molecule is Cc1ccc(NC(=O)NC(=O)CSc2nnc(-c3ccccc3Br)n2N)cc1C. The average Bonchev–Trinajstić information content (AvgIpc) is 3.04. The highest BCUT2D eigenvalue weighted by Crippen LogP contribution is 2.27. The number of nitrogens with two attached hydrogens (primary N) is 1. The molecular weight excluding hydrogens is 456 g/mol. The molecule has 8 nitrogen and oxygen atoms in total. The van der Waals surface area contributed by atoms with E-state index in [0.29, 0.717) is 16.7 Å². The first kappa shape index (κ1) is 20.9. The van der Waals surface area contributed by atoms with E-state index in [1.54, 1.807) is 6.07 Å². The van der Waals surface area contributed by atoms with Crippen LogP contribution in [0.15, 0.2) is 52.1 Å². The first-order valence-electron chi connectivity index (χ1n) is 8.61. The minimum absolute atomic E-state index is 0.0361. The third kappa shape index (κ3) is 5.15. The lowest BCUT2D eigenvalue weighted by molar-refractivity contribution is -0.117. The van der Waals surface area contributed by atoms with E-state index in [9.17, 15) is 9.59 Å². The van der Waals surface area contributed by atoms with Gasteiger partial charge in [-0.25, -0.2) is 9.47 Å². The zero-order valence-electron chi connectivity index (χ0n) is 15.8. The molecule has 0 radical (unpaired) electrons. The predicted molar refractivity (Wildman–Crippen MR) is 117 cm³/mol. The average molecular weight is 475 g/mol. The van der Waals surface area contributed by atoms with Crippen molar-refractivity contribution in [1.29, 1.82) is 0 Å². The molecule has 0 unspecified atom stereocenters. The van der Waals surface area contributed by atoms with Crippen molar-refractivity contribution in [3.8, 4) is 11.4 Å². The van der Waals surface area contributed by atoms with E-state index in [0.717, 1.165) is 32.9 Å². The topological polar surface area (TPSA) is 115 Å². The summed E-state index contributed by atoms with van der Waals surface area (Å²) in [4.78, 5) is 24.1. The lowest BCUT2D eigenvalue weighted by atomic mass is 10.1. The molecule has 0 aliphatic rings. The smallest absolute Gasteiger partial charge is 0.325 e. The molecule has 3 amide bonds. The third-order valence-electron chi connectivity index (χ3n) is 4.13. The van der Waals surface area contributed by atoms with Gasteiger partial charge in [-0.2, -0.15) is 0 Å². The van der Waals surface area contributed by atoms with Gasteiger partial charge >= 0.3 is 6.03 Å². The van der Waals surface area contributed by atoms with Crippen molar-refractivity contribution in [1.82, 2.24) is 20.2 Å². The summed E-state index contributed by atoms with van der Waals surface area (Å²) in [5, 5.41) is 13.4. The van der Waals surface area contributed by atoms with Gasteiger partial charge in [-0.1, -0.05) is 45.9 Å². The Bertz CT molecular complexity index is 1070. The highest BCUT2D eigenvalue weighted by atomic mass is 79.9.